The molecule has 0 N–H and O–H groups in total. The third kappa shape index (κ3) is 2.39. The molecular formula is C14H17NO2S. The van der Waals surface area contributed by atoms with Crippen molar-refractivity contribution in [2.75, 3.05) is 14.2 Å². The number of ether oxygens (including phenoxy) is 2. The summed E-state index contributed by atoms with van der Waals surface area (Å²) in [5.74, 6) is -0.577. The normalized spacial score (nSPS) is 19.9. The smallest absolute Gasteiger partial charge is 0.172 e. The topological polar surface area (TPSA) is 42.2 Å². The Bertz CT molecular complexity index is 469. The summed E-state index contributed by atoms with van der Waals surface area (Å²) in [5.41, 5.74) is 1.21. The molecular weight excluding hydrogens is 246 g/mol. The second-order valence-electron chi connectivity index (χ2n) is 4.70. The highest BCUT2D eigenvalue weighted by molar-refractivity contribution is 8.01. The van der Waals surface area contributed by atoms with Gasteiger partial charge in [0.25, 0.3) is 0 Å². The minimum Gasteiger partial charge on any atom is -0.353 e. The van der Waals surface area contributed by atoms with Gasteiger partial charge in [-0.05, 0) is 19.1 Å². The number of nitriles is 1. The van der Waals surface area contributed by atoms with Crippen LogP contribution < -0.4 is 0 Å². The number of nitrogens with zero attached hydrogens (tertiary/aromatic N) is 1. The summed E-state index contributed by atoms with van der Waals surface area (Å²) in [6.45, 7) is 2.05. The molecule has 0 heterocycles. The van der Waals surface area contributed by atoms with Crippen LogP contribution in [0.15, 0.2) is 29.2 Å². The Balaban J connectivity index is 2.11. The van der Waals surface area contributed by atoms with E-state index >= 15 is 0 Å². The molecule has 0 radical (unpaired) electrons. The number of rotatable bonds is 4. The van der Waals surface area contributed by atoms with Crippen molar-refractivity contribution in [1.82, 2.24) is 0 Å². The number of benzene rings is 1. The maximum Gasteiger partial charge on any atom is 0.172 e. The minimum atomic E-state index is -0.577. The van der Waals surface area contributed by atoms with E-state index in [-0.39, 0.29) is 0 Å². The van der Waals surface area contributed by atoms with Crippen LogP contribution >= 0.6 is 11.8 Å². The molecule has 0 aliphatic heterocycles. The fourth-order valence-electron chi connectivity index (χ4n) is 2.27. The van der Waals surface area contributed by atoms with Gasteiger partial charge in [0.05, 0.1) is 6.07 Å². The van der Waals surface area contributed by atoms with E-state index in [2.05, 4.69) is 25.1 Å². The zero-order chi connectivity index (χ0) is 13.2. The molecule has 1 aliphatic carbocycles. The molecule has 0 unspecified atom stereocenters. The predicted octanol–water partition coefficient (Wildman–Crippen LogP) is 3.13. The summed E-state index contributed by atoms with van der Waals surface area (Å²) in [6, 6.07) is 10.6. The first-order valence-electron chi connectivity index (χ1n) is 5.84. The molecule has 0 aromatic heterocycles. The molecule has 2 rings (SSSR count). The average Bonchev–Trinajstić information content (AvgIpc) is 2.33. The number of thioether (sulfide) groups is 1. The van der Waals surface area contributed by atoms with Crippen molar-refractivity contribution >= 4 is 11.8 Å². The molecule has 1 aromatic carbocycles. The van der Waals surface area contributed by atoms with E-state index < -0.39 is 10.5 Å². The summed E-state index contributed by atoms with van der Waals surface area (Å²) in [7, 11) is 3.25. The average molecular weight is 263 g/mol. The van der Waals surface area contributed by atoms with Crippen molar-refractivity contribution in [1.29, 1.82) is 5.26 Å². The molecule has 0 atom stereocenters. The Hall–Kier alpha value is -1.02. The van der Waals surface area contributed by atoms with Gasteiger partial charge in [-0.3, -0.25) is 0 Å². The fourth-order valence-corrected chi connectivity index (χ4v) is 3.74. The van der Waals surface area contributed by atoms with Gasteiger partial charge < -0.3 is 9.47 Å². The van der Waals surface area contributed by atoms with E-state index in [0.29, 0.717) is 12.8 Å². The molecule has 3 nitrogen and oxygen atoms in total. The second-order valence-corrected chi connectivity index (χ2v) is 6.15. The first kappa shape index (κ1) is 13.4. The van der Waals surface area contributed by atoms with E-state index in [0.717, 1.165) is 4.90 Å². The van der Waals surface area contributed by atoms with Gasteiger partial charge in [0.2, 0.25) is 0 Å². The Kier molecular flexibility index (Phi) is 3.67. The molecule has 0 saturated heterocycles. The largest absolute Gasteiger partial charge is 0.353 e. The SMILES string of the molecule is COC1(OC)CC(C#N)(Sc2cccc(C)c2)C1. The summed E-state index contributed by atoms with van der Waals surface area (Å²) in [6.07, 6.45) is 1.20. The quantitative estimate of drug-likeness (QED) is 0.783. The Morgan fingerprint density at radius 1 is 1.28 bits per heavy atom. The minimum absolute atomic E-state index is 0.431. The lowest BCUT2D eigenvalue weighted by Crippen LogP contribution is -2.56. The molecule has 1 fully saturated rings. The first-order chi connectivity index (χ1) is 8.57. The van der Waals surface area contributed by atoms with E-state index in [4.69, 9.17) is 9.47 Å². The van der Waals surface area contributed by atoms with Crippen LogP contribution in [-0.2, 0) is 9.47 Å². The van der Waals surface area contributed by atoms with Crippen molar-refractivity contribution in [3.8, 4) is 6.07 Å². The molecule has 1 aliphatic rings. The van der Waals surface area contributed by atoms with Gasteiger partial charge in [0, 0.05) is 32.0 Å². The number of hydrogen-bond acceptors (Lipinski definition) is 4. The molecule has 96 valence electrons. The zero-order valence-corrected chi connectivity index (χ0v) is 11.7. The van der Waals surface area contributed by atoms with Crippen LogP contribution in [0, 0.1) is 18.3 Å². The van der Waals surface area contributed by atoms with Gasteiger partial charge in [-0.2, -0.15) is 5.26 Å². The van der Waals surface area contributed by atoms with Crippen LogP contribution in [0.5, 0.6) is 0 Å². The van der Waals surface area contributed by atoms with Crippen LogP contribution in [0.1, 0.15) is 18.4 Å². The van der Waals surface area contributed by atoms with Crippen LogP contribution in [0.3, 0.4) is 0 Å². The van der Waals surface area contributed by atoms with Crippen molar-refractivity contribution in [3.63, 3.8) is 0 Å². The second kappa shape index (κ2) is 4.93. The molecule has 4 heteroatoms. The maximum absolute atomic E-state index is 9.41. The third-order valence-electron chi connectivity index (χ3n) is 3.36. The van der Waals surface area contributed by atoms with E-state index in [9.17, 15) is 5.26 Å². The lowest BCUT2D eigenvalue weighted by atomic mass is 9.78. The Labute approximate surface area is 112 Å². The van der Waals surface area contributed by atoms with Crippen LogP contribution in [0.25, 0.3) is 0 Å². The highest BCUT2D eigenvalue weighted by Crippen LogP contribution is 2.54. The summed E-state index contributed by atoms with van der Waals surface area (Å²) >= 11 is 1.60. The molecule has 0 amide bonds. The van der Waals surface area contributed by atoms with E-state index in [1.54, 1.807) is 26.0 Å². The van der Waals surface area contributed by atoms with Gasteiger partial charge in [0.15, 0.2) is 5.79 Å². The van der Waals surface area contributed by atoms with E-state index in [1.807, 2.05) is 12.1 Å². The van der Waals surface area contributed by atoms with Gasteiger partial charge in [-0.1, -0.05) is 17.7 Å². The summed E-state index contributed by atoms with van der Waals surface area (Å²) < 4.78 is 10.3. The predicted molar refractivity (Wildman–Crippen MR) is 71.4 cm³/mol. The first-order valence-corrected chi connectivity index (χ1v) is 6.66. The maximum atomic E-state index is 9.41. The fraction of sp³-hybridized carbons (Fsp3) is 0.500. The zero-order valence-electron chi connectivity index (χ0n) is 10.9. The Morgan fingerprint density at radius 2 is 1.94 bits per heavy atom. The van der Waals surface area contributed by atoms with Crippen LogP contribution in [-0.4, -0.2) is 24.8 Å². The standard InChI is InChI=1S/C14H17NO2S/c1-11-5-4-6-12(7-11)18-13(10-15)8-14(9-13,16-2)17-3/h4-7H,8-9H2,1-3H3. The van der Waals surface area contributed by atoms with Crippen molar-refractivity contribution in [2.45, 2.75) is 35.2 Å². The molecule has 18 heavy (non-hydrogen) atoms. The molecule has 0 spiro atoms. The highest BCUT2D eigenvalue weighted by Gasteiger charge is 2.57. The lowest BCUT2D eigenvalue weighted by Gasteiger charge is -2.49. The Morgan fingerprint density at radius 3 is 2.44 bits per heavy atom. The van der Waals surface area contributed by atoms with Crippen LogP contribution in [0.4, 0.5) is 0 Å². The lowest BCUT2D eigenvalue weighted by molar-refractivity contribution is -0.255. The number of aryl methyl sites for hydroxylation is 1. The van der Waals surface area contributed by atoms with Crippen LogP contribution in [0.2, 0.25) is 0 Å². The van der Waals surface area contributed by atoms with Gasteiger partial charge >= 0.3 is 0 Å². The van der Waals surface area contributed by atoms with E-state index in [1.165, 1.54) is 5.56 Å². The van der Waals surface area contributed by atoms with Gasteiger partial charge in [-0.15, -0.1) is 11.8 Å². The van der Waals surface area contributed by atoms with Crippen molar-refractivity contribution in [2.24, 2.45) is 0 Å². The van der Waals surface area contributed by atoms with Crippen molar-refractivity contribution < 1.29 is 9.47 Å². The summed E-state index contributed by atoms with van der Waals surface area (Å²) in [4.78, 5) is 1.12. The number of hydrogen-bond donors (Lipinski definition) is 0. The summed E-state index contributed by atoms with van der Waals surface area (Å²) in [5, 5.41) is 9.41. The van der Waals surface area contributed by atoms with Gasteiger partial charge in [0.1, 0.15) is 4.75 Å². The molecule has 1 aromatic rings. The third-order valence-corrected chi connectivity index (χ3v) is 4.62. The highest BCUT2D eigenvalue weighted by atomic mass is 32.2. The monoisotopic (exact) mass is 263 g/mol. The number of methoxy groups -OCH3 is 2. The molecule has 1 saturated carbocycles. The van der Waals surface area contributed by atoms with Gasteiger partial charge in [-0.25, -0.2) is 0 Å². The van der Waals surface area contributed by atoms with Crippen molar-refractivity contribution in [3.05, 3.63) is 29.8 Å². The molecule has 0 bridgehead atoms.